The van der Waals surface area contributed by atoms with E-state index in [2.05, 4.69) is 12.2 Å². The highest BCUT2D eigenvalue weighted by Crippen LogP contribution is 2.42. The van der Waals surface area contributed by atoms with Gasteiger partial charge in [0, 0.05) is 18.1 Å². The zero-order valence-electron chi connectivity index (χ0n) is 21.3. The van der Waals surface area contributed by atoms with Crippen molar-refractivity contribution in [3.63, 3.8) is 0 Å². The highest BCUT2D eigenvalue weighted by atomic mass is 16.5. The molecule has 2 aromatic carbocycles. The first-order chi connectivity index (χ1) is 16.7. The molecule has 2 unspecified atom stereocenters. The second kappa shape index (κ2) is 11.6. The molecule has 7 heteroatoms. The summed E-state index contributed by atoms with van der Waals surface area (Å²) in [6, 6.07) is 13.2. The quantitative estimate of drug-likeness (QED) is 0.379. The maximum atomic E-state index is 12.9. The van der Waals surface area contributed by atoms with Crippen LogP contribution in [0, 0.1) is 6.92 Å². The third kappa shape index (κ3) is 5.96. The molecule has 2 aromatic rings. The zero-order chi connectivity index (χ0) is 25.6. The number of aliphatic carboxylic acids is 1. The van der Waals surface area contributed by atoms with Gasteiger partial charge < -0.3 is 20.9 Å². The van der Waals surface area contributed by atoms with Gasteiger partial charge in [0.05, 0.1) is 29.6 Å². The number of para-hydroxylation sites is 1. The molecule has 7 nitrogen and oxygen atoms in total. The Morgan fingerprint density at radius 3 is 2.46 bits per heavy atom. The van der Waals surface area contributed by atoms with Gasteiger partial charge in [0.2, 0.25) is 0 Å². The number of carbonyl (C=O) groups is 2. The van der Waals surface area contributed by atoms with Gasteiger partial charge in [-0.3, -0.25) is 9.69 Å². The predicted octanol–water partition coefficient (Wildman–Crippen LogP) is 6.11. The van der Waals surface area contributed by atoms with Gasteiger partial charge in [0.15, 0.2) is 0 Å². The first-order valence-corrected chi connectivity index (χ1v) is 12.6. The molecule has 0 aliphatic carbocycles. The molecule has 1 aliphatic heterocycles. The van der Waals surface area contributed by atoms with E-state index in [1.54, 1.807) is 0 Å². The molecule has 1 saturated heterocycles. The Kier molecular flexibility index (Phi) is 8.78. The van der Waals surface area contributed by atoms with Crippen LogP contribution < -0.4 is 16.0 Å². The molecule has 1 heterocycles. The van der Waals surface area contributed by atoms with Crippen molar-refractivity contribution in [1.29, 1.82) is 0 Å². The standard InChI is InChI=1S/C28H39N3O4/c1-5-22-17-21(14-15-35-22)30-23-13-12-20(28(6-2,7-3)18-26(32)33)16-25(23)31(27(29)34)24-11-9-8-10-19(24)4/h8-13,16,21-22,30H,5-7,14-15,17-18H2,1-4H3,(H2,29,34)(H,32,33). The van der Waals surface area contributed by atoms with E-state index < -0.39 is 17.4 Å². The number of nitrogens with one attached hydrogen (secondary N) is 1. The number of benzene rings is 2. The van der Waals surface area contributed by atoms with Crippen LogP contribution in [0.5, 0.6) is 0 Å². The highest BCUT2D eigenvalue weighted by molar-refractivity contribution is 6.02. The van der Waals surface area contributed by atoms with Gasteiger partial charge >= 0.3 is 12.0 Å². The van der Waals surface area contributed by atoms with Gasteiger partial charge in [-0.1, -0.05) is 45.0 Å². The molecule has 0 bridgehead atoms. The fourth-order valence-electron chi connectivity index (χ4n) is 5.17. The normalized spacial score (nSPS) is 18.2. The Bertz CT molecular complexity index is 1030. The van der Waals surface area contributed by atoms with Crippen molar-refractivity contribution in [3.8, 4) is 0 Å². The lowest BCUT2D eigenvalue weighted by Gasteiger charge is -2.35. The number of hydrogen-bond donors (Lipinski definition) is 3. The van der Waals surface area contributed by atoms with Gasteiger partial charge in [-0.25, -0.2) is 4.79 Å². The summed E-state index contributed by atoms with van der Waals surface area (Å²) >= 11 is 0. The van der Waals surface area contributed by atoms with Crippen LogP contribution in [0.15, 0.2) is 42.5 Å². The first-order valence-electron chi connectivity index (χ1n) is 12.6. The third-order valence-electron chi connectivity index (χ3n) is 7.45. The number of nitrogens with two attached hydrogens (primary N) is 1. The number of urea groups is 1. The Hall–Kier alpha value is -3.06. The number of carboxylic acids is 1. The number of primary amides is 1. The number of aryl methyl sites for hydroxylation is 1. The van der Waals surface area contributed by atoms with Gasteiger partial charge in [-0.05, 0) is 68.4 Å². The third-order valence-corrected chi connectivity index (χ3v) is 7.45. The number of nitrogens with zero attached hydrogens (tertiary/aromatic N) is 1. The number of amides is 2. The van der Waals surface area contributed by atoms with E-state index in [4.69, 9.17) is 10.5 Å². The highest BCUT2D eigenvalue weighted by Gasteiger charge is 2.33. The Morgan fingerprint density at radius 2 is 1.86 bits per heavy atom. The Balaban J connectivity index is 2.15. The molecule has 2 amide bonds. The molecule has 1 aliphatic rings. The molecule has 1 fully saturated rings. The molecular formula is C28H39N3O4. The molecule has 0 saturated carbocycles. The average molecular weight is 482 g/mol. The van der Waals surface area contributed by atoms with E-state index in [1.807, 2.05) is 63.2 Å². The minimum absolute atomic E-state index is 0.0191. The largest absolute Gasteiger partial charge is 0.481 e. The lowest BCUT2D eigenvalue weighted by Crippen LogP contribution is -2.36. The predicted molar refractivity (Wildman–Crippen MR) is 141 cm³/mol. The molecule has 190 valence electrons. The second-order valence-electron chi connectivity index (χ2n) is 9.52. The van der Waals surface area contributed by atoms with E-state index in [0.717, 1.165) is 36.1 Å². The maximum Gasteiger partial charge on any atom is 0.323 e. The lowest BCUT2D eigenvalue weighted by molar-refractivity contribution is -0.138. The van der Waals surface area contributed by atoms with Crippen molar-refractivity contribution in [2.45, 2.75) is 83.8 Å². The summed E-state index contributed by atoms with van der Waals surface area (Å²) in [7, 11) is 0. The Labute approximate surface area is 208 Å². The summed E-state index contributed by atoms with van der Waals surface area (Å²) in [6.07, 6.45) is 4.26. The number of ether oxygens (including phenoxy) is 1. The van der Waals surface area contributed by atoms with Crippen LogP contribution in [-0.4, -0.2) is 35.9 Å². The van der Waals surface area contributed by atoms with Crippen LogP contribution in [0.1, 0.15) is 70.4 Å². The van der Waals surface area contributed by atoms with Crippen LogP contribution in [-0.2, 0) is 14.9 Å². The summed E-state index contributed by atoms with van der Waals surface area (Å²) in [6.45, 7) is 8.78. The van der Waals surface area contributed by atoms with Crippen LogP contribution in [0.25, 0.3) is 0 Å². The van der Waals surface area contributed by atoms with Crippen molar-refractivity contribution in [2.24, 2.45) is 5.73 Å². The summed E-state index contributed by atoms with van der Waals surface area (Å²) in [5.74, 6) is -0.837. The van der Waals surface area contributed by atoms with E-state index in [9.17, 15) is 14.7 Å². The number of rotatable bonds is 10. The van der Waals surface area contributed by atoms with Crippen molar-refractivity contribution < 1.29 is 19.4 Å². The number of anilines is 3. The van der Waals surface area contributed by atoms with Crippen LogP contribution in [0.2, 0.25) is 0 Å². The van der Waals surface area contributed by atoms with E-state index in [0.29, 0.717) is 30.8 Å². The van der Waals surface area contributed by atoms with E-state index in [1.165, 1.54) is 4.90 Å². The summed E-state index contributed by atoms with van der Waals surface area (Å²) in [5, 5.41) is 13.3. The molecule has 0 aromatic heterocycles. The van der Waals surface area contributed by atoms with Gasteiger partial charge in [0.1, 0.15) is 0 Å². The maximum absolute atomic E-state index is 12.9. The fourth-order valence-corrected chi connectivity index (χ4v) is 5.17. The summed E-state index contributed by atoms with van der Waals surface area (Å²) < 4.78 is 5.85. The summed E-state index contributed by atoms with van der Waals surface area (Å²) in [5.41, 5.74) is 9.38. The molecule has 35 heavy (non-hydrogen) atoms. The Morgan fingerprint density at radius 1 is 1.14 bits per heavy atom. The smallest absolute Gasteiger partial charge is 0.323 e. The molecule has 0 spiro atoms. The number of carbonyl (C=O) groups excluding carboxylic acids is 1. The lowest BCUT2D eigenvalue weighted by atomic mass is 9.73. The molecule has 3 rings (SSSR count). The van der Waals surface area contributed by atoms with E-state index >= 15 is 0 Å². The topological polar surface area (TPSA) is 105 Å². The van der Waals surface area contributed by atoms with Gasteiger partial charge in [-0.15, -0.1) is 0 Å². The summed E-state index contributed by atoms with van der Waals surface area (Å²) in [4.78, 5) is 26.2. The molecule has 0 radical (unpaired) electrons. The number of carboxylic acid groups (broad SMARTS) is 1. The fraction of sp³-hybridized carbons (Fsp3) is 0.500. The van der Waals surface area contributed by atoms with Gasteiger partial charge in [0.25, 0.3) is 0 Å². The number of hydrogen-bond acceptors (Lipinski definition) is 4. The minimum atomic E-state index is -0.837. The SMILES string of the molecule is CCC1CC(Nc2ccc(C(CC)(CC)CC(=O)O)cc2N(C(N)=O)c2ccccc2C)CCO1. The second-order valence-corrected chi connectivity index (χ2v) is 9.52. The van der Waals surface area contributed by atoms with Crippen LogP contribution >= 0.6 is 0 Å². The monoisotopic (exact) mass is 481 g/mol. The van der Waals surface area contributed by atoms with Crippen molar-refractivity contribution in [2.75, 3.05) is 16.8 Å². The van der Waals surface area contributed by atoms with Crippen molar-refractivity contribution >= 4 is 29.1 Å². The van der Waals surface area contributed by atoms with E-state index in [-0.39, 0.29) is 18.6 Å². The molecule has 2 atom stereocenters. The zero-order valence-corrected chi connectivity index (χ0v) is 21.3. The van der Waals surface area contributed by atoms with Crippen molar-refractivity contribution in [1.82, 2.24) is 0 Å². The average Bonchev–Trinajstić information content (AvgIpc) is 2.84. The minimum Gasteiger partial charge on any atom is -0.481 e. The van der Waals surface area contributed by atoms with Crippen molar-refractivity contribution in [3.05, 3.63) is 53.6 Å². The first kappa shape index (κ1) is 26.5. The molecule has 4 N–H and O–H groups in total. The van der Waals surface area contributed by atoms with Crippen LogP contribution in [0.3, 0.4) is 0 Å². The van der Waals surface area contributed by atoms with Gasteiger partial charge in [-0.2, -0.15) is 0 Å². The van der Waals surface area contributed by atoms with Crippen LogP contribution in [0.4, 0.5) is 21.9 Å². The molecular weight excluding hydrogens is 442 g/mol.